The molecule has 3 N–H and O–H groups in total. The van der Waals surface area contributed by atoms with Crippen LogP contribution in [0.25, 0.3) is 0 Å². The molecule has 2 aliphatic heterocycles. The van der Waals surface area contributed by atoms with E-state index in [0.717, 1.165) is 37.9 Å². The number of nitrogens with zero attached hydrogens (tertiary/aromatic N) is 4. The summed E-state index contributed by atoms with van der Waals surface area (Å²) >= 11 is 0. The van der Waals surface area contributed by atoms with Crippen LogP contribution in [0, 0.1) is 29.6 Å². The monoisotopic (exact) mass is 481 g/mol. The van der Waals surface area contributed by atoms with E-state index in [-0.39, 0.29) is 36.2 Å². The van der Waals surface area contributed by atoms with Crippen LogP contribution in [0.2, 0.25) is 0 Å². The Balaban J connectivity index is 0.00000274. The summed E-state index contributed by atoms with van der Waals surface area (Å²) in [6, 6.07) is 7.86. The lowest BCUT2D eigenvalue weighted by atomic mass is 9.83. The fraction of sp³-hybridized carbons (Fsp3) is 0.458. The molecule has 2 saturated heterocycles. The highest BCUT2D eigenvalue weighted by atomic mass is 35.5. The third kappa shape index (κ3) is 4.43. The molecule has 2 atom stereocenters. The standard InChI is InChI=1S/C24H27N7O2.ClH/c1-15-10-20(28-13-19(15)22(32)29-17-4-7-26-12-17)30-21-11-18(5-8-27-21)31-9-6-24(14-25,23(31)33)16-2-3-16;/h5,8,10-11,13,16-17,26H,2-4,6-7,9,12H2,1H3,(H,29,32)(H,27,28,30);1H/t17?,24-;/m1./s1. The highest BCUT2D eigenvalue weighted by molar-refractivity contribution is 6.02. The van der Waals surface area contributed by atoms with E-state index in [1.165, 1.54) is 0 Å². The minimum Gasteiger partial charge on any atom is -0.348 e. The molecule has 0 bridgehead atoms. The molecule has 3 fully saturated rings. The molecule has 1 unspecified atom stereocenters. The highest BCUT2D eigenvalue weighted by Crippen LogP contribution is 2.51. The number of anilines is 3. The van der Waals surface area contributed by atoms with Gasteiger partial charge in [-0.3, -0.25) is 9.59 Å². The van der Waals surface area contributed by atoms with Gasteiger partial charge in [0.15, 0.2) is 0 Å². The predicted molar refractivity (Wildman–Crippen MR) is 130 cm³/mol. The molecule has 1 aliphatic carbocycles. The van der Waals surface area contributed by atoms with Crippen molar-refractivity contribution in [1.29, 1.82) is 5.26 Å². The SMILES string of the molecule is Cc1cc(Nc2cc(N3CC[C@@](C#N)(C4CC4)C3=O)ccn2)ncc1C(=O)NC1CCNC1.Cl. The second kappa shape index (κ2) is 9.57. The van der Waals surface area contributed by atoms with Gasteiger partial charge in [0.2, 0.25) is 5.91 Å². The molecule has 34 heavy (non-hydrogen) atoms. The first kappa shape index (κ1) is 23.9. The molecule has 0 spiro atoms. The van der Waals surface area contributed by atoms with Gasteiger partial charge in [-0.05, 0) is 62.8 Å². The van der Waals surface area contributed by atoms with Gasteiger partial charge in [-0.1, -0.05) is 0 Å². The normalized spacial score (nSPS) is 23.8. The van der Waals surface area contributed by atoms with E-state index in [4.69, 9.17) is 0 Å². The summed E-state index contributed by atoms with van der Waals surface area (Å²) in [5.74, 6) is 1.07. The van der Waals surface area contributed by atoms with Crippen LogP contribution in [-0.4, -0.2) is 47.5 Å². The molecular weight excluding hydrogens is 454 g/mol. The molecule has 0 radical (unpaired) electrons. The Bertz CT molecular complexity index is 1140. The topological polar surface area (TPSA) is 123 Å². The molecule has 178 valence electrons. The van der Waals surface area contributed by atoms with Gasteiger partial charge in [0.1, 0.15) is 17.1 Å². The maximum atomic E-state index is 13.1. The van der Waals surface area contributed by atoms with E-state index < -0.39 is 5.41 Å². The van der Waals surface area contributed by atoms with Crippen molar-refractivity contribution in [2.24, 2.45) is 11.3 Å². The first-order chi connectivity index (χ1) is 16.0. The van der Waals surface area contributed by atoms with E-state index in [1.807, 2.05) is 13.0 Å². The van der Waals surface area contributed by atoms with Gasteiger partial charge in [-0.15, -0.1) is 12.4 Å². The van der Waals surface area contributed by atoms with Crippen LogP contribution < -0.4 is 20.9 Å². The minimum atomic E-state index is -0.875. The summed E-state index contributed by atoms with van der Waals surface area (Å²) < 4.78 is 0. The Labute approximate surface area is 204 Å². The summed E-state index contributed by atoms with van der Waals surface area (Å²) in [5, 5.41) is 19.2. The fourth-order valence-electron chi connectivity index (χ4n) is 4.82. The number of hydrogen-bond acceptors (Lipinski definition) is 7. The number of hydrogen-bond donors (Lipinski definition) is 3. The van der Waals surface area contributed by atoms with Crippen molar-refractivity contribution in [2.45, 2.75) is 38.6 Å². The Morgan fingerprint density at radius 3 is 2.74 bits per heavy atom. The number of aryl methyl sites for hydroxylation is 1. The first-order valence-corrected chi connectivity index (χ1v) is 11.4. The van der Waals surface area contributed by atoms with Crippen molar-refractivity contribution in [3.63, 3.8) is 0 Å². The van der Waals surface area contributed by atoms with Crippen molar-refractivity contribution in [3.8, 4) is 6.07 Å². The van der Waals surface area contributed by atoms with Crippen molar-refractivity contribution in [1.82, 2.24) is 20.6 Å². The minimum absolute atomic E-state index is 0. The lowest BCUT2D eigenvalue weighted by Gasteiger charge is -2.21. The van der Waals surface area contributed by atoms with Gasteiger partial charge in [0, 0.05) is 43.3 Å². The fourth-order valence-corrected chi connectivity index (χ4v) is 4.82. The predicted octanol–water partition coefficient (Wildman–Crippen LogP) is 2.70. The summed E-state index contributed by atoms with van der Waals surface area (Å²) in [6.07, 6.45) is 6.60. The second-order valence-corrected chi connectivity index (χ2v) is 9.14. The third-order valence-electron chi connectivity index (χ3n) is 6.89. The van der Waals surface area contributed by atoms with Crippen LogP contribution in [0.5, 0.6) is 0 Å². The van der Waals surface area contributed by atoms with Gasteiger partial charge < -0.3 is 20.9 Å². The number of nitrogens with one attached hydrogen (secondary N) is 3. The van der Waals surface area contributed by atoms with Gasteiger partial charge in [-0.25, -0.2) is 9.97 Å². The number of nitriles is 1. The van der Waals surface area contributed by atoms with Gasteiger partial charge >= 0.3 is 0 Å². The van der Waals surface area contributed by atoms with Crippen LogP contribution in [0.3, 0.4) is 0 Å². The number of carbonyl (C=O) groups is 2. The van der Waals surface area contributed by atoms with Gasteiger partial charge in [-0.2, -0.15) is 5.26 Å². The molecule has 4 heterocycles. The summed E-state index contributed by atoms with van der Waals surface area (Å²) in [5.41, 5.74) is 1.20. The largest absolute Gasteiger partial charge is 0.348 e. The van der Waals surface area contributed by atoms with Gasteiger partial charge in [0.05, 0.1) is 11.6 Å². The molecule has 5 rings (SSSR count). The summed E-state index contributed by atoms with van der Waals surface area (Å²) in [4.78, 5) is 36.1. The van der Waals surface area contributed by atoms with Crippen LogP contribution in [-0.2, 0) is 4.79 Å². The highest BCUT2D eigenvalue weighted by Gasteiger charge is 2.56. The molecule has 2 aromatic rings. The molecule has 0 aromatic carbocycles. The van der Waals surface area contributed by atoms with E-state index >= 15 is 0 Å². The average molecular weight is 482 g/mol. The van der Waals surface area contributed by atoms with E-state index in [9.17, 15) is 14.9 Å². The zero-order chi connectivity index (χ0) is 23.0. The number of aromatic nitrogens is 2. The van der Waals surface area contributed by atoms with Gasteiger partial charge in [0.25, 0.3) is 5.91 Å². The molecule has 10 heteroatoms. The summed E-state index contributed by atoms with van der Waals surface area (Å²) in [7, 11) is 0. The maximum Gasteiger partial charge on any atom is 0.253 e. The Hall–Kier alpha value is -3.22. The molecule has 2 aromatic heterocycles. The summed E-state index contributed by atoms with van der Waals surface area (Å²) in [6.45, 7) is 4.11. The van der Waals surface area contributed by atoms with Crippen LogP contribution >= 0.6 is 12.4 Å². The molecule has 3 aliphatic rings. The molecule has 1 saturated carbocycles. The number of amides is 2. The smallest absolute Gasteiger partial charge is 0.253 e. The first-order valence-electron chi connectivity index (χ1n) is 11.4. The van der Waals surface area contributed by atoms with E-state index in [1.54, 1.807) is 29.4 Å². The van der Waals surface area contributed by atoms with E-state index in [2.05, 4.69) is 32.0 Å². The number of pyridine rings is 2. The van der Waals surface area contributed by atoms with Crippen molar-refractivity contribution >= 4 is 41.5 Å². The average Bonchev–Trinajstić information content (AvgIpc) is 3.43. The van der Waals surface area contributed by atoms with Crippen LogP contribution in [0.15, 0.2) is 30.6 Å². The molecule has 2 amide bonds. The number of halogens is 1. The Kier molecular flexibility index (Phi) is 6.73. The number of rotatable bonds is 6. The Morgan fingerprint density at radius 2 is 2.06 bits per heavy atom. The van der Waals surface area contributed by atoms with Crippen LogP contribution in [0.4, 0.5) is 17.3 Å². The molecular formula is C24H28ClN7O2. The third-order valence-corrected chi connectivity index (χ3v) is 6.89. The lowest BCUT2D eigenvalue weighted by Crippen LogP contribution is -2.36. The second-order valence-electron chi connectivity index (χ2n) is 9.14. The molecule has 9 nitrogen and oxygen atoms in total. The van der Waals surface area contributed by atoms with E-state index in [0.29, 0.717) is 35.9 Å². The number of carbonyl (C=O) groups excluding carboxylic acids is 2. The van der Waals surface area contributed by atoms with Crippen molar-refractivity contribution in [2.75, 3.05) is 29.9 Å². The van der Waals surface area contributed by atoms with Crippen LogP contribution in [0.1, 0.15) is 41.6 Å². The lowest BCUT2D eigenvalue weighted by molar-refractivity contribution is -0.123. The zero-order valence-electron chi connectivity index (χ0n) is 19.0. The van der Waals surface area contributed by atoms with Crippen molar-refractivity contribution in [3.05, 3.63) is 41.7 Å². The van der Waals surface area contributed by atoms with Crippen molar-refractivity contribution < 1.29 is 9.59 Å². The maximum absolute atomic E-state index is 13.1. The Morgan fingerprint density at radius 1 is 1.26 bits per heavy atom. The zero-order valence-corrected chi connectivity index (χ0v) is 19.8. The quantitative estimate of drug-likeness (QED) is 0.579.